The number of carboxylic acids is 1. The summed E-state index contributed by atoms with van der Waals surface area (Å²) in [4.78, 5) is 25.5. The fourth-order valence-corrected chi connectivity index (χ4v) is 2.98. The molecule has 1 N–H and O–H groups in total. The van der Waals surface area contributed by atoms with Crippen LogP contribution in [0.2, 0.25) is 0 Å². The number of likely N-dealkylation sites (tertiary alicyclic amines) is 1. The summed E-state index contributed by atoms with van der Waals surface area (Å²) in [7, 11) is 0. The molecule has 1 aromatic carbocycles. The van der Waals surface area contributed by atoms with E-state index in [1.54, 1.807) is 15.8 Å². The smallest absolute Gasteiger partial charge is 0.308 e. The number of aromatic nitrogens is 3. The number of hydrogen-bond acceptors (Lipinski definition) is 4. The lowest BCUT2D eigenvalue weighted by Gasteiger charge is -2.35. The van der Waals surface area contributed by atoms with Gasteiger partial charge in [-0.05, 0) is 25.3 Å². The molecule has 1 fully saturated rings. The molecule has 1 amide bonds. The number of amides is 1. The number of benzene rings is 1. The SMILES string of the molecule is CC1CCC(C(=O)O)CN1C(=O)c1cn(Cc2ccccc2)nn1. The van der Waals surface area contributed by atoms with Gasteiger partial charge in [-0.15, -0.1) is 5.10 Å². The Balaban J connectivity index is 1.72. The maximum atomic E-state index is 12.7. The number of carboxylic acid groups (broad SMARTS) is 1. The summed E-state index contributed by atoms with van der Waals surface area (Å²) in [6.07, 6.45) is 2.90. The molecule has 0 spiro atoms. The number of aliphatic carboxylic acids is 1. The molecule has 2 heterocycles. The van der Waals surface area contributed by atoms with Gasteiger partial charge in [0.2, 0.25) is 0 Å². The summed E-state index contributed by atoms with van der Waals surface area (Å²) in [6.45, 7) is 2.69. The van der Waals surface area contributed by atoms with E-state index in [1.807, 2.05) is 37.3 Å². The van der Waals surface area contributed by atoms with Crippen LogP contribution in [0.5, 0.6) is 0 Å². The average Bonchev–Trinajstić information content (AvgIpc) is 3.04. The zero-order chi connectivity index (χ0) is 17.1. The Morgan fingerprint density at radius 2 is 2.00 bits per heavy atom. The van der Waals surface area contributed by atoms with Gasteiger partial charge in [0.15, 0.2) is 5.69 Å². The second-order valence-electron chi connectivity index (χ2n) is 6.21. The number of nitrogens with zero attached hydrogens (tertiary/aromatic N) is 4. The molecule has 2 atom stereocenters. The van der Waals surface area contributed by atoms with Gasteiger partial charge in [0.25, 0.3) is 5.91 Å². The first-order valence-corrected chi connectivity index (χ1v) is 8.02. The third-order valence-corrected chi connectivity index (χ3v) is 4.44. The highest BCUT2D eigenvalue weighted by Gasteiger charge is 2.33. The van der Waals surface area contributed by atoms with Crippen molar-refractivity contribution in [3.05, 3.63) is 47.8 Å². The Morgan fingerprint density at radius 1 is 1.25 bits per heavy atom. The summed E-state index contributed by atoms with van der Waals surface area (Å²) >= 11 is 0. The van der Waals surface area contributed by atoms with Gasteiger partial charge in [0, 0.05) is 12.6 Å². The van der Waals surface area contributed by atoms with Crippen LogP contribution in [0.4, 0.5) is 0 Å². The standard InChI is InChI=1S/C17H20N4O3/c1-12-7-8-14(17(23)24)10-21(12)16(22)15-11-20(19-18-15)9-13-5-3-2-4-6-13/h2-6,11-12,14H,7-10H2,1H3,(H,23,24). The first-order valence-electron chi connectivity index (χ1n) is 8.02. The molecule has 24 heavy (non-hydrogen) atoms. The molecular weight excluding hydrogens is 308 g/mol. The van der Waals surface area contributed by atoms with Gasteiger partial charge in [-0.3, -0.25) is 9.59 Å². The predicted molar refractivity (Wildman–Crippen MR) is 86.4 cm³/mol. The van der Waals surface area contributed by atoms with E-state index < -0.39 is 11.9 Å². The van der Waals surface area contributed by atoms with Crippen molar-refractivity contribution in [3.63, 3.8) is 0 Å². The lowest BCUT2D eigenvalue weighted by Crippen LogP contribution is -2.47. The largest absolute Gasteiger partial charge is 0.481 e. The Kier molecular flexibility index (Phi) is 4.59. The molecular formula is C17H20N4O3. The van der Waals surface area contributed by atoms with Gasteiger partial charge in [-0.2, -0.15) is 0 Å². The molecule has 1 aliphatic rings. The van der Waals surface area contributed by atoms with Crippen LogP contribution < -0.4 is 0 Å². The van der Waals surface area contributed by atoms with Gasteiger partial charge in [0.05, 0.1) is 18.7 Å². The Bertz CT molecular complexity index is 728. The van der Waals surface area contributed by atoms with Crippen molar-refractivity contribution < 1.29 is 14.7 Å². The fraction of sp³-hybridized carbons (Fsp3) is 0.412. The van der Waals surface area contributed by atoms with Gasteiger partial charge in [-0.1, -0.05) is 35.5 Å². The summed E-state index contributed by atoms with van der Waals surface area (Å²) in [5, 5.41) is 17.2. The van der Waals surface area contributed by atoms with Crippen LogP contribution in [0.15, 0.2) is 36.5 Å². The molecule has 3 rings (SSSR count). The topological polar surface area (TPSA) is 88.3 Å². The van der Waals surface area contributed by atoms with Crippen molar-refractivity contribution in [2.45, 2.75) is 32.4 Å². The van der Waals surface area contributed by atoms with Crippen molar-refractivity contribution >= 4 is 11.9 Å². The first-order chi connectivity index (χ1) is 11.5. The van der Waals surface area contributed by atoms with Gasteiger partial charge >= 0.3 is 5.97 Å². The molecule has 7 nitrogen and oxygen atoms in total. The van der Waals surface area contributed by atoms with E-state index in [9.17, 15) is 14.7 Å². The first kappa shape index (κ1) is 16.2. The third-order valence-electron chi connectivity index (χ3n) is 4.44. The molecule has 2 unspecified atom stereocenters. The molecule has 0 radical (unpaired) electrons. The predicted octanol–water partition coefficient (Wildman–Crippen LogP) is 1.65. The van der Waals surface area contributed by atoms with Crippen molar-refractivity contribution in [1.82, 2.24) is 19.9 Å². The lowest BCUT2D eigenvalue weighted by molar-refractivity contribution is -0.143. The number of rotatable bonds is 4. The van der Waals surface area contributed by atoms with Crippen molar-refractivity contribution in [2.24, 2.45) is 5.92 Å². The van der Waals surface area contributed by atoms with Gasteiger partial charge in [0.1, 0.15) is 0 Å². The minimum atomic E-state index is -0.854. The van der Waals surface area contributed by atoms with Crippen LogP contribution in [-0.2, 0) is 11.3 Å². The number of piperidine rings is 1. The van der Waals surface area contributed by atoms with E-state index in [0.29, 0.717) is 19.4 Å². The second-order valence-corrected chi connectivity index (χ2v) is 6.21. The van der Waals surface area contributed by atoms with Crippen LogP contribution in [0.3, 0.4) is 0 Å². The Hall–Kier alpha value is -2.70. The molecule has 0 aliphatic carbocycles. The van der Waals surface area contributed by atoms with Crippen LogP contribution >= 0.6 is 0 Å². The monoisotopic (exact) mass is 328 g/mol. The number of carbonyl (C=O) groups is 2. The molecule has 2 aromatic rings. The van der Waals surface area contributed by atoms with Crippen LogP contribution in [0, 0.1) is 5.92 Å². The summed E-state index contributed by atoms with van der Waals surface area (Å²) in [6, 6.07) is 9.80. The van der Waals surface area contributed by atoms with Crippen LogP contribution in [-0.4, -0.2) is 49.5 Å². The highest BCUT2D eigenvalue weighted by atomic mass is 16.4. The van der Waals surface area contributed by atoms with Crippen LogP contribution in [0.25, 0.3) is 0 Å². The van der Waals surface area contributed by atoms with E-state index in [2.05, 4.69) is 10.3 Å². The van der Waals surface area contributed by atoms with Gasteiger partial charge < -0.3 is 10.0 Å². The minimum absolute atomic E-state index is 0.00683. The highest BCUT2D eigenvalue weighted by molar-refractivity contribution is 5.92. The minimum Gasteiger partial charge on any atom is -0.481 e. The van der Waals surface area contributed by atoms with Crippen LogP contribution in [0.1, 0.15) is 35.8 Å². The fourth-order valence-electron chi connectivity index (χ4n) is 2.98. The molecule has 1 aliphatic heterocycles. The normalized spacial score (nSPS) is 20.8. The van der Waals surface area contributed by atoms with E-state index in [-0.39, 0.29) is 24.2 Å². The van der Waals surface area contributed by atoms with Crippen molar-refractivity contribution in [1.29, 1.82) is 0 Å². The molecule has 0 bridgehead atoms. The zero-order valence-electron chi connectivity index (χ0n) is 13.5. The maximum Gasteiger partial charge on any atom is 0.308 e. The number of carbonyl (C=O) groups excluding carboxylic acids is 1. The third kappa shape index (κ3) is 3.45. The van der Waals surface area contributed by atoms with Crippen molar-refractivity contribution in [2.75, 3.05) is 6.54 Å². The van der Waals surface area contributed by atoms with E-state index >= 15 is 0 Å². The maximum absolute atomic E-state index is 12.7. The molecule has 1 aromatic heterocycles. The van der Waals surface area contributed by atoms with E-state index in [1.165, 1.54) is 0 Å². The summed E-state index contributed by atoms with van der Waals surface area (Å²) < 4.78 is 1.62. The van der Waals surface area contributed by atoms with Crippen molar-refractivity contribution in [3.8, 4) is 0 Å². The van der Waals surface area contributed by atoms with E-state index in [4.69, 9.17) is 0 Å². The summed E-state index contributed by atoms with van der Waals surface area (Å²) in [5.41, 5.74) is 1.32. The summed E-state index contributed by atoms with van der Waals surface area (Å²) in [5.74, 6) is -1.62. The zero-order valence-corrected chi connectivity index (χ0v) is 13.5. The lowest BCUT2D eigenvalue weighted by atomic mass is 9.93. The average molecular weight is 328 g/mol. The second kappa shape index (κ2) is 6.82. The van der Waals surface area contributed by atoms with E-state index in [0.717, 1.165) is 5.56 Å². The molecule has 7 heteroatoms. The molecule has 0 saturated carbocycles. The van der Waals surface area contributed by atoms with Gasteiger partial charge in [-0.25, -0.2) is 4.68 Å². The Labute approximate surface area is 139 Å². The molecule has 126 valence electrons. The molecule has 1 saturated heterocycles. The highest BCUT2D eigenvalue weighted by Crippen LogP contribution is 2.23. The number of hydrogen-bond donors (Lipinski definition) is 1. The Morgan fingerprint density at radius 3 is 2.71 bits per heavy atom. The quantitative estimate of drug-likeness (QED) is 0.922.